The largest absolute Gasteiger partial charge is 0.330 e. The van der Waals surface area contributed by atoms with Gasteiger partial charge in [0.2, 0.25) is 11.9 Å². The van der Waals surface area contributed by atoms with Gasteiger partial charge in [0.15, 0.2) is 0 Å². The van der Waals surface area contributed by atoms with Gasteiger partial charge in [-0.2, -0.15) is 0 Å². The molecular weight excluding hydrogens is 424 g/mol. The summed E-state index contributed by atoms with van der Waals surface area (Å²) >= 11 is 0. The second-order valence-electron chi connectivity index (χ2n) is 8.20. The molecule has 1 aromatic heterocycles. The van der Waals surface area contributed by atoms with Crippen molar-refractivity contribution in [1.82, 2.24) is 14.5 Å². The van der Waals surface area contributed by atoms with Crippen LogP contribution >= 0.6 is 0 Å². The zero-order chi connectivity index (χ0) is 24.1. The van der Waals surface area contributed by atoms with Gasteiger partial charge in [-0.05, 0) is 44.5 Å². The van der Waals surface area contributed by atoms with Gasteiger partial charge < -0.3 is 4.90 Å². The monoisotopic (exact) mass is 452 g/mol. The average molecular weight is 453 g/mol. The molecule has 0 atom stereocenters. The highest BCUT2D eigenvalue weighted by Gasteiger charge is 2.20. The van der Waals surface area contributed by atoms with E-state index < -0.39 is 0 Å². The lowest BCUT2D eigenvalue weighted by molar-refractivity contribution is -0.116. The molecule has 3 aromatic carbocycles. The predicted octanol–water partition coefficient (Wildman–Crippen LogP) is 5.26. The van der Waals surface area contributed by atoms with Crippen LogP contribution in [0.25, 0.3) is 16.9 Å². The number of amides is 2. The lowest BCUT2D eigenvalue weighted by atomic mass is 10.1. The third-order valence-electron chi connectivity index (χ3n) is 5.72. The number of rotatable bonds is 7. The number of imidazole rings is 1. The quantitative estimate of drug-likeness (QED) is 0.416. The van der Waals surface area contributed by atoms with E-state index in [9.17, 15) is 9.59 Å². The van der Waals surface area contributed by atoms with Crippen LogP contribution in [-0.2, 0) is 4.79 Å². The van der Waals surface area contributed by atoms with Crippen LogP contribution < -0.4 is 5.32 Å². The van der Waals surface area contributed by atoms with Crippen molar-refractivity contribution in [3.05, 3.63) is 102 Å². The zero-order valence-electron chi connectivity index (χ0n) is 19.7. The molecule has 6 heteroatoms. The Kier molecular flexibility index (Phi) is 6.87. The van der Waals surface area contributed by atoms with Crippen LogP contribution in [0.1, 0.15) is 28.4 Å². The van der Waals surface area contributed by atoms with E-state index in [1.54, 1.807) is 6.07 Å². The molecule has 0 aliphatic rings. The first-order valence-electron chi connectivity index (χ1n) is 11.3. The number of benzene rings is 3. The predicted molar refractivity (Wildman–Crippen MR) is 135 cm³/mol. The maximum atomic E-state index is 13.0. The molecule has 0 spiro atoms. The number of nitrogens with one attached hydrogen (secondary N) is 1. The van der Waals surface area contributed by atoms with E-state index in [2.05, 4.69) is 5.32 Å². The molecule has 172 valence electrons. The highest BCUT2D eigenvalue weighted by Crippen LogP contribution is 2.24. The molecule has 1 N–H and O–H groups in total. The van der Waals surface area contributed by atoms with Crippen LogP contribution in [0.5, 0.6) is 0 Å². The summed E-state index contributed by atoms with van der Waals surface area (Å²) in [5.74, 6) is -0.0583. The molecule has 0 fully saturated rings. The minimum absolute atomic E-state index is 0.0644. The summed E-state index contributed by atoms with van der Waals surface area (Å²) in [6, 6.07) is 25.2. The summed E-state index contributed by atoms with van der Waals surface area (Å²) in [4.78, 5) is 32.3. The number of carbonyl (C=O) groups is 2. The second kappa shape index (κ2) is 10.2. The molecule has 4 aromatic rings. The van der Waals surface area contributed by atoms with Crippen molar-refractivity contribution in [2.75, 3.05) is 18.4 Å². The summed E-state index contributed by atoms with van der Waals surface area (Å²) in [7, 11) is 0. The van der Waals surface area contributed by atoms with Gasteiger partial charge in [-0.1, -0.05) is 66.2 Å². The number of anilines is 1. The number of aromatic nitrogens is 2. The standard InChI is InChI=1S/C28H28N4O2/c1-4-31(27(34)24-13-9-8-10-21(24)3)19-26(33)30-28-29-25(22-11-6-5-7-12-22)18-32(28)23-16-14-20(2)15-17-23/h5-18H,4,19H2,1-3H3,(H,29,30,33). The van der Waals surface area contributed by atoms with Crippen LogP contribution in [-0.4, -0.2) is 39.4 Å². The first-order chi connectivity index (χ1) is 16.5. The Labute approximate surface area is 199 Å². The van der Waals surface area contributed by atoms with E-state index >= 15 is 0 Å². The van der Waals surface area contributed by atoms with Crippen molar-refractivity contribution >= 4 is 17.8 Å². The Morgan fingerprint density at radius 3 is 2.26 bits per heavy atom. The Morgan fingerprint density at radius 2 is 1.59 bits per heavy atom. The summed E-state index contributed by atoms with van der Waals surface area (Å²) in [5, 5.41) is 2.92. The minimum Gasteiger partial charge on any atom is -0.330 e. The minimum atomic E-state index is -0.303. The van der Waals surface area contributed by atoms with Crippen molar-refractivity contribution in [3.8, 4) is 16.9 Å². The fourth-order valence-corrected chi connectivity index (χ4v) is 3.77. The highest BCUT2D eigenvalue weighted by molar-refractivity contribution is 5.99. The maximum Gasteiger partial charge on any atom is 0.254 e. The highest BCUT2D eigenvalue weighted by atomic mass is 16.2. The smallest absolute Gasteiger partial charge is 0.254 e. The Balaban J connectivity index is 1.60. The topological polar surface area (TPSA) is 67.2 Å². The van der Waals surface area contributed by atoms with Gasteiger partial charge in [0.25, 0.3) is 5.91 Å². The van der Waals surface area contributed by atoms with Crippen molar-refractivity contribution in [1.29, 1.82) is 0 Å². The molecule has 0 bridgehead atoms. The van der Waals surface area contributed by atoms with Crippen molar-refractivity contribution in [2.45, 2.75) is 20.8 Å². The van der Waals surface area contributed by atoms with Gasteiger partial charge in [-0.3, -0.25) is 19.5 Å². The van der Waals surface area contributed by atoms with Gasteiger partial charge >= 0.3 is 0 Å². The first kappa shape index (κ1) is 23.0. The Hall–Kier alpha value is -4.19. The molecule has 0 aliphatic carbocycles. The van der Waals surface area contributed by atoms with Crippen LogP contribution in [0.15, 0.2) is 85.1 Å². The van der Waals surface area contributed by atoms with Crippen LogP contribution in [0.3, 0.4) is 0 Å². The third-order valence-corrected chi connectivity index (χ3v) is 5.72. The average Bonchev–Trinajstić information content (AvgIpc) is 3.27. The third kappa shape index (κ3) is 5.07. The molecule has 2 amide bonds. The van der Waals surface area contributed by atoms with Crippen LogP contribution in [0.4, 0.5) is 5.95 Å². The molecule has 0 saturated carbocycles. The first-order valence-corrected chi connectivity index (χ1v) is 11.3. The SMILES string of the molecule is CCN(CC(=O)Nc1nc(-c2ccccc2)cn1-c1ccc(C)cc1)C(=O)c1ccccc1C. The summed E-state index contributed by atoms with van der Waals surface area (Å²) in [5.41, 5.74) is 5.22. The molecule has 0 unspecified atom stereocenters. The second-order valence-corrected chi connectivity index (χ2v) is 8.20. The number of aryl methyl sites for hydroxylation is 2. The number of nitrogens with zero attached hydrogens (tertiary/aromatic N) is 3. The molecular formula is C28H28N4O2. The maximum absolute atomic E-state index is 13.0. The molecule has 6 nitrogen and oxygen atoms in total. The van der Waals surface area contributed by atoms with Crippen LogP contribution in [0, 0.1) is 13.8 Å². The number of carbonyl (C=O) groups excluding carboxylic acids is 2. The number of hydrogen-bond donors (Lipinski definition) is 1. The van der Waals surface area contributed by atoms with Crippen molar-refractivity contribution < 1.29 is 9.59 Å². The number of likely N-dealkylation sites (N-methyl/N-ethyl adjacent to an activating group) is 1. The molecule has 0 radical (unpaired) electrons. The van der Waals surface area contributed by atoms with Crippen molar-refractivity contribution in [2.24, 2.45) is 0 Å². The van der Waals surface area contributed by atoms with Gasteiger partial charge in [-0.15, -0.1) is 0 Å². The fourth-order valence-electron chi connectivity index (χ4n) is 3.77. The van der Waals surface area contributed by atoms with E-state index in [0.29, 0.717) is 18.1 Å². The summed E-state index contributed by atoms with van der Waals surface area (Å²) in [6.45, 7) is 6.14. The lowest BCUT2D eigenvalue weighted by Gasteiger charge is -2.21. The van der Waals surface area contributed by atoms with E-state index in [1.165, 1.54) is 4.90 Å². The Morgan fingerprint density at radius 1 is 0.912 bits per heavy atom. The van der Waals surface area contributed by atoms with Crippen molar-refractivity contribution in [3.63, 3.8) is 0 Å². The van der Waals surface area contributed by atoms with Crippen LogP contribution in [0.2, 0.25) is 0 Å². The van der Waals surface area contributed by atoms with Gasteiger partial charge in [0, 0.05) is 29.6 Å². The van der Waals surface area contributed by atoms with E-state index in [-0.39, 0.29) is 18.4 Å². The molecule has 1 heterocycles. The summed E-state index contributed by atoms with van der Waals surface area (Å²) < 4.78 is 1.86. The number of hydrogen-bond acceptors (Lipinski definition) is 3. The van der Waals surface area contributed by atoms with Gasteiger partial charge in [0.05, 0.1) is 5.69 Å². The Bertz CT molecular complexity index is 1290. The zero-order valence-corrected chi connectivity index (χ0v) is 19.7. The van der Waals surface area contributed by atoms with E-state index in [1.807, 2.05) is 104 Å². The fraction of sp³-hybridized carbons (Fsp3) is 0.179. The molecule has 0 saturated heterocycles. The molecule has 34 heavy (non-hydrogen) atoms. The molecule has 0 aliphatic heterocycles. The summed E-state index contributed by atoms with van der Waals surface area (Å²) in [6.07, 6.45) is 1.91. The lowest BCUT2D eigenvalue weighted by Crippen LogP contribution is -2.38. The van der Waals surface area contributed by atoms with E-state index in [4.69, 9.17) is 4.98 Å². The van der Waals surface area contributed by atoms with Gasteiger partial charge in [-0.25, -0.2) is 4.98 Å². The molecule has 4 rings (SSSR count). The normalized spacial score (nSPS) is 10.7. The van der Waals surface area contributed by atoms with E-state index in [0.717, 1.165) is 28.1 Å². The van der Waals surface area contributed by atoms with Gasteiger partial charge in [0.1, 0.15) is 6.54 Å².